The molecule has 0 radical (unpaired) electrons. The first kappa shape index (κ1) is 19.3. The van der Waals surface area contributed by atoms with Gasteiger partial charge in [0.05, 0.1) is 13.7 Å². The van der Waals surface area contributed by atoms with Crippen molar-refractivity contribution in [3.05, 3.63) is 59.7 Å². The summed E-state index contributed by atoms with van der Waals surface area (Å²) in [6.07, 6.45) is 0. The minimum absolute atomic E-state index is 0.339. The monoisotopic (exact) mass is 357 g/mol. The molecule has 2 rings (SSSR count). The van der Waals surface area contributed by atoms with E-state index in [1.54, 1.807) is 48.5 Å². The van der Waals surface area contributed by atoms with Crippen LogP contribution in [0, 0.1) is 5.92 Å². The van der Waals surface area contributed by atoms with Gasteiger partial charge >= 0.3 is 5.97 Å². The van der Waals surface area contributed by atoms with Crippen molar-refractivity contribution in [2.45, 2.75) is 19.9 Å². The molecule has 0 aliphatic heterocycles. The van der Waals surface area contributed by atoms with Crippen LogP contribution in [0.5, 0.6) is 11.5 Å². The SMILES string of the molecule is COc1ccc(C(NC(=O)c2cccc(OCC(C)C)c2)C(=O)O)cc1. The van der Waals surface area contributed by atoms with Crippen molar-refractivity contribution < 1.29 is 24.2 Å². The molecule has 0 bridgehead atoms. The van der Waals surface area contributed by atoms with Gasteiger partial charge in [0, 0.05) is 5.56 Å². The number of carboxylic acid groups (broad SMARTS) is 1. The highest BCUT2D eigenvalue weighted by Gasteiger charge is 2.23. The number of carboxylic acids is 1. The molecule has 2 aromatic rings. The van der Waals surface area contributed by atoms with Gasteiger partial charge < -0.3 is 19.9 Å². The Balaban J connectivity index is 2.14. The van der Waals surface area contributed by atoms with Crippen LogP contribution in [0.15, 0.2) is 48.5 Å². The molecule has 0 saturated heterocycles. The number of carbonyl (C=O) groups excluding carboxylic acids is 1. The number of carbonyl (C=O) groups is 2. The fraction of sp³-hybridized carbons (Fsp3) is 0.300. The van der Waals surface area contributed by atoms with Gasteiger partial charge in [0.2, 0.25) is 0 Å². The molecule has 0 spiro atoms. The van der Waals surface area contributed by atoms with Gasteiger partial charge in [-0.2, -0.15) is 0 Å². The molecule has 2 aromatic carbocycles. The molecule has 1 amide bonds. The molecule has 1 unspecified atom stereocenters. The summed E-state index contributed by atoms with van der Waals surface area (Å²) in [5.74, 6) is -0.0835. The Morgan fingerprint density at radius 2 is 1.77 bits per heavy atom. The largest absolute Gasteiger partial charge is 0.497 e. The number of hydrogen-bond acceptors (Lipinski definition) is 4. The summed E-state index contributed by atoms with van der Waals surface area (Å²) in [7, 11) is 1.53. The number of rotatable bonds is 8. The summed E-state index contributed by atoms with van der Waals surface area (Å²) < 4.78 is 10.7. The Hall–Kier alpha value is -3.02. The molecule has 6 heteroatoms. The third-order valence-corrected chi connectivity index (χ3v) is 3.65. The highest BCUT2D eigenvalue weighted by atomic mass is 16.5. The van der Waals surface area contributed by atoms with E-state index in [0.29, 0.717) is 35.2 Å². The summed E-state index contributed by atoms with van der Waals surface area (Å²) in [4.78, 5) is 24.1. The van der Waals surface area contributed by atoms with Gasteiger partial charge in [-0.15, -0.1) is 0 Å². The van der Waals surface area contributed by atoms with Crippen LogP contribution >= 0.6 is 0 Å². The molecular weight excluding hydrogens is 334 g/mol. The van der Waals surface area contributed by atoms with Crippen LogP contribution in [0.3, 0.4) is 0 Å². The Bertz CT molecular complexity index is 755. The summed E-state index contributed by atoms with van der Waals surface area (Å²) >= 11 is 0. The molecule has 0 saturated carbocycles. The van der Waals surface area contributed by atoms with E-state index in [0.717, 1.165) is 0 Å². The fourth-order valence-electron chi connectivity index (χ4n) is 2.29. The topological polar surface area (TPSA) is 84.9 Å². The predicted molar refractivity (Wildman–Crippen MR) is 97.6 cm³/mol. The van der Waals surface area contributed by atoms with E-state index in [4.69, 9.17) is 9.47 Å². The quantitative estimate of drug-likeness (QED) is 0.757. The van der Waals surface area contributed by atoms with Crippen molar-refractivity contribution in [1.29, 1.82) is 0 Å². The maximum atomic E-state index is 12.5. The van der Waals surface area contributed by atoms with Gasteiger partial charge in [-0.25, -0.2) is 4.79 Å². The maximum Gasteiger partial charge on any atom is 0.330 e. The van der Waals surface area contributed by atoms with Crippen molar-refractivity contribution in [2.24, 2.45) is 5.92 Å². The minimum atomic E-state index is -1.16. The van der Waals surface area contributed by atoms with Gasteiger partial charge in [-0.1, -0.05) is 32.0 Å². The second-order valence-electron chi connectivity index (χ2n) is 6.25. The van der Waals surface area contributed by atoms with E-state index in [1.807, 2.05) is 13.8 Å². The van der Waals surface area contributed by atoms with Crippen LogP contribution in [0.25, 0.3) is 0 Å². The zero-order valence-electron chi connectivity index (χ0n) is 15.1. The predicted octanol–water partition coefficient (Wildman–Crippen LogP) is 3.29. The first-order chi connectivity index (χ1) is 12.4. The van der Waals surface area contributed by atoms with Crippen LogP contribution < -0.4 is 14.8 Å². The number of ether oxygens (including phenoxy) is 2. The first-order valence-corrected chi connectivity index (χ1v) is 8.31. The number of amides is 1. The van der Waals surface area contributed by atoms with Gasteiger partial charge in [0.15, 0.2) is 6.04 Å². The van der Waals surface area contributed by atoms with Crippen molar-refractivity contribution in [3.63, 3.8) is 0 Å². The Labute approximate surface area is 152 Å². The van der Waals surface area contributed by atoms with Crippen LogP contribution in [-0.2, 0) is 4.79 Å². The Kier molecular flexibility index (Phi) is 6.60. The highest BCUT2D eigenvalue weighted by Crippen LogP contribution is 2.20. The second-order valence-corrected chi connectivity index (χ2v) is 6.25. The third-order valence-electron chi connectivity index (χ3n) is 3.65. The van der Waals surface area contributed by atoms with Crippen LogP contribution in [0.1, 0.15) is 35.8 Å². The van der Waals surface area contributed by atoms with Gasteiger partial charge in [0.25, 0.3) is 5.91 Å². The fourth-order valence-corrected chi connectivity index (χ4v) is 2.29. The van der Waals surface area contributed by atoms with E-state index in [-0.39, 0.29) is 0 Å². The van der Waals surface area contributed by atoms with Crippen LogP contribution in [-0.4, -0.2) is 30.7 Å². The standard InChI is InChI=1S/C20H23NO5/c1-13(2)12-26-17-6-4-5-15(11-17)19(22)21-18(20(23)24)14-7-9-16(25-3)10-8-14/h4-11,13,18H,12H2,1-3H3,(H,21,22)(H,23,24). The normalized spacial score (nSPS) is 11.7. The average molecular weight is 357 g/mol. The van der Waals surface area contributed by atoms with E-state index in [1.165, 1.54) is 7.11 Å². The van der Waals surface area contributed by atoms with Gasteiger partial charge in [-0.3, -0.25) is 4.79 Å². The Morgan fingerprint density at radius 3 is 2.35 bits per heavy atom. The van der Waals surface area contributed by atoms with E-state index < -0.39 is 17.9 Å². The van der Waals surface area contributed by atoms with Gasteiger partial charge in [-0.05, 0) is 41.8 Å². The summed E-state index contributed by atoms with van der Waals surface area (Å²) in [5, 5.41) is 12.0. The number of methoxy groups -OCH3 is 1. The number of hydrogen-bond donors (Lipinski definition) is 2. The second kappa shape index (κ2) is 8.89. The smallest absolute Gasteiger partial charge is 0.330 e. The molecular formula is C20H23NO5. The molecule has 0 aromatic heterocycles. The lowest BCUT2D eigenvalue weighted by Gasteiger charge is -2.16. The third kappa shape index (κ3) is 5.24. The average Bonchev–Trinajstić information content (AvgIpc) is 2.64. The molecule has 1 atom stereocenters. The van der Waals surface area contributed by atoms with Crippen molar-refractivity contribution in [1.82, 2.24) is 5.32 Å². The van der Waals surface area contributed by atoms with Crippen molar-refractivity contribution in [2.75, 3.05) is 13.7 Å². The number of nitrogens with one attached hydrogen (secondary N) is 1. The zero-order chi connectivity index (χ0) is 19.1. The molecule has 2 N–H and O–H groups in total. The van der Waals surface area contributed by atoms with E-state index in [2.05, 4.69) is 5.32 Å². The van der Waals surface area contributed by atoms with E-state index in [9.17, 15) is 14.7 Å². The lowest BCUT2D eigenvalue weighted by Crippen LogP contribution is -2.33. The first-order valence-electron chi connectivity index (χ1n) is 8.31. The van der Waals surface area contributed by atoms with Crippen molar-refractivity contribution >= 4 is 11.9 Å². The van der Waals surface area contributed by atoms with Gasteiger partial charge in [0.1, 0.15) is 11.5 Å². The molecule has 0 heterocycles. The van der Waals surface area contributed by atoms with E-state index >= 15 is 0 Å². The Morgan fingerprint density at radius 1 is 1.08 bits per heavy atom. The maximum absolute atomic E-state index is 12.5. The molecule has 0 fully saturated rings. The number of aliphatic carboxylic acids is 1. The lowest BCUT2D eigenvalue weighted by atomic mass is 10.1. The summed E-state index contributed by atoms with van der Waals surface area (Å²) in [6.45, 7) is 4.60. The summed E-state index contributed by atoms with van der Waals surface area (Å²) in [6, 6.07) is 12.0. The summed E-state index contributed by atoms with van der Waals surface area (Å²) in [5.41, 5.74) is 0.796. The molecule has 138 valence electrons. The zero-order valence-corrected chi connectivity index (χ0v) is 15.1. The van der Waals surface area contributed by atoms with Crippen LogP contribution in [0.4, 0.5) is 0 Å². The lowest BCUT2D eigenvalue weighted by molar-refractivity contribution is -0.139. The number of benzene rings is 2. The molecule has 0 aliphatic carbocycles. The molecule has 26 heavy (non-hydrogen) atoms. The van der Waals surface area contributed by atoms with Crippen LogP contribution in [0.2, 0.25) is 0 Å². The molecule has 6 nitrogen and oxygen atoms in total. The highest BCUT2D eigenvalue weighted by molar-refractivity contribution is 5.97. The van der Waals surface area contributed by atoms with Crippen molar-refractivity contribution in [3.8, 4) is 11.5 Å². The molecule has 0 aliphatic rings. The minimum Gasteiger partial charge on any atom is -0.497 e.